The van der Waals surface area contributed by atoms with Crippen molar-refractivity contribution < 1.29 is 4.74 Å². The van der Waals surface area contributed by atoms with Crippen LogP contribution >= 0.6 is 0 Å². The van der Waals surface area contributed by atoms with Gasteiger partial charge in [-0.25, -0.2) is 0 Å². The topological polar surface area (TPSA) is 43.2 Å². The molecule has 1 atom stereocenters. The van der Waals surface area contributed by atoms with Crippen LogP contribution in [-0.2, 0) is 6.54 Å². The molecule has 4 rings (SSSR count). The molecule has 1 aliphatic rings. The summed E-state index contributed by atoms with van der Waals surface area (Å²) in [6.07, 6.45) is 15.5. The molecule has 3 heterocycles. The van der Waals surface area contributed by atoms with Crippen LogP contribution in [0.25, 0.3) is 22.2 Å². The van der Waals surface area contributed by atoms with E-state index in [-0.39, 0.29) is 0 Å². The molecule has 0 saturated carbocycles. The van der Waals surface area contributed by atoms with Gasteiger partial charge in [-0.15, -0.1) is 6.42 Å². The number of fused-ring (bicyclic) bond motifs is 1. The summed E-state index contributed by atoms with van der Waals surface area (Å²) in [7, 11) is 2.17. The number of aromatic nitrogens is 3. The molecular weight excluding hydrogens is 359 g/mol. The average molecular weight is 382 g/mol. The third kappa shape index (κ3) is 3.96. The minimum atomic E-state index is 0.546. The van der Waals surface area contributed by atoms with E-state index in [9.17, 15) is 0 Å². The molecular formula is C23H23BN4O. The van der Waals surface area contributed by atoms with Crippen molar-refractivity contribution in [2.75, 3.05) is 6.54 Å². The van der Waals surface area contributed by atoms with Crippen molar-refractivity contribution in [3.63, 3.8) is 0 Å². The Bertz CT molecular complexity index is 1110. The van der Waals surface area contributed by atoms with Crippen LogP contribution in [0.3, 0.4) is 0 Å². The fourth-order valence-electron chi connectivity index (χ4n) is 3.51. The lowest BCUT2D eigenvalue weighted by atomic mass is 9.98. The highest BCUT2D eigenvalue weighted by Gasteiger charge is 2.25. The highest BCUT2D eigenvalue weighted by atomic mass is 16.5. The van der Waals surface area contributed by atoms with Gasteiger partial charge in [0.2, 0.25) is 0 Å². The van der Waals surface area contributed by atoms with Crippen LogP contribution in [0.5, 0.6) is 5.75 Å². The number of benzene rings is 1. The van der Waals surface area contributed by atoms with Crippen LogP contribution in [0.4, 0.5) is 0 Å². The highest BCUT2D eigenvalue weighted by Crippen LogP contribution is 2.30. The lowest BCUT2D eigenvalue weighted by molar-refractivity contribution is 0.181. The number of hydrogen-bond donors (Lipinski definition) is 0. The van der Waals surface area contributed by atoms with Crippen molar-refractivity contribution in [3.8, 4) is 29.4 Å². The molecule has 1 fully saturated rings. The van der Waals surface area contributed by atoms with Gasteiger partial charge >= 0.3 is 0 Å². The van der Waals surface area contributed by atoms with Gasteiger partial charge in [0, 0.05) is 29.4 Å². The van der Waals surface area contributed by atoms with E-state index in [1.54, 1.807) is 12.2 Å². The summed E-state index contributed by atoms with van der Waals surface area (Å²) in [5.74, 6) is 3.93. The van der Waals surface area contributed by atoms with E-state index in [1.165, 1.54) is 6.42 Å². The second-order valence-electron chi connectivity index (χ2n) is 7.16. The summed E-state index contributed by atoms with van der Waals surface area (Å²) in [5.41, 5.74) is 3.10. The van der Waals surface area contributed by atoms with E-state index in [0.29, 0.717) is 11.8 Å². The standard InChI is InChI=1S/C23H23BN4O/c1-3-5-6-19(4-2)29-20-9-7-17(8-10-20)23-21-15-25-13-11-22(21)28(26-23)16-18-12-14-27(18)24/h1,4-11,13,15,18H,12,14,16,24H2,2H3/b6-5-,19-4+. The first kappa shape index (κ1) is 19.0. The second kappa shape index (κ2) is 8.38. The maximum atomic E-state index is 5.87. The van der Waals surface area contributed by atoms with E-state index < -0.39 is 0 Å². The summed E-state index contributed by atoms with van der Waals surface area (Å²) in [6, 6.07) is 10.5. The Kier molecular flexibility index (Phi) is 5.50. The lowest BCUT2D eigenvalue weighted by Gasteiger charge is -2.38. The molecule has 1 unspecified atom stereocenters. The van der Waals surface area contributed by atoms with E-state index in [4.69, 9.17) is 16.3 Å². The first-order chi connectivity index (χ1) is 14.2. The van der Waals surface area contributed by atoms with E-state index >= 15 is 0 Å². The van der Waals surface area contributed by atoms with Gasteiger partial charge in [-0.1, -0.05) is 5.92 Å². The summed E-state index contributed by atoms with van der Waals surface area (Å²) in [4.78, 5) is 6.69. The minimum absolute atomic E-state index is 0.546. The zero-order chi connectivity index (χ0) is 20.2. The molecule has 2 aromatic heterocycles. The molecule has 144 valence electrons. The summed E-state index contributed by atoms with van der Waals surface area (Å²) >= 11 is 0. The Morgan fingerprint density at radius 2 is 2.17 bits per heavy atom. The van der Waals surface area contributed by atoms with Crippen molar-refractivity contribution in [2.24, 2.45) is 0 Å². The predicted molar refractivity (Wildman–Crippen MR) is 119 cm³/mol. The van der Waals surface area contributed by atoms with Crippen molar-refractivity contribution in [1.82, 2.24) is 19.6 Å². The number of rotatable bonds is 6. The van der Waals surface area contributed by atoms with Crippen LogP contribution in [-0.4, -0.2) is 40.1 Å². The Labute approximate surface area is 172 Å². The molecule has 1 aliphatic heterocycles. The van der Waals surface area contributed by atoms with Gasteiger partial charge in [0.15, 0.2) is 7.98 Å². The Hall–Kier alpha value is -3.30. The van der Waals surface area contributed by atoms with Crippen LogP contribution in [0.1, 0.15) is 13.3 Å². The molecule has 29 heavy (non-hydrogen) atoms. The maximum Gasteiger partial charge on any atom is 0.185 e. The number of terminal acetylenes is 1. The zero-order valence-electron chi connectivity index (χ0n) is 16.7. The molecule has 0 spiro atoms. The molecule has 0 radical (unpaired) electrons. The Morgan fingerprint density at radius 1 is 1.34 bits per heavy atom. The molecule has 0 amide bonds. The van der Waals surface area contributed by atoms with Crippen molar-refractivity contribution in [3.05, 3.63) is 66.7 Å². The number of hydrogen-bond acceptors (Lipinski definition) is 4. The van der Waals surface area contributed by atoms with Crippen molar-refractivity contribution in [1.29, 1.82) is 0 Å². The van der Waals surface area contributed by atoms with E-state index in [2.05, 4.69) is 28.4 Å². The van der Waals surface area contributed by atoms with E-state index in [0.717, 1.165) is 41.0 Å². The Balaban J connectivity index is 1.61. The Morgan fingerprint density at radius 3 is 2.83 bits per heavy atom. The first-order valence-corrected chi connectivity index (χ1v) is 9.77. The second-order valence-corrected chi connectivity index (χ2v) is 7.16. The molecule has 0 aliphatic carbocycles. The fraction of sp³-hybridized carbons (Fsp3) is 0.217. The van der Waals surface area contributed by atoms with Gasteiger partial charge in [0.25, 0.3) is 0 Å². The van der Waals surface area contributed by atoms with Gasteiger partial charge in [-0.05, 0) is 68.4 Å². The van der Waals surface area contributed by atoms with Gasteiger partial charge in [-0.2, -0.15) is 5.10 Å². The molecule has 1 aromatic carbocycles. The van der Waals surface area contributed by atoms with Crippen molar-refractivity contribution in [2.45, 2.75) is 25.9 Å². The quantitative estimate of drug-likeness (QED) is 0.284. The van der Waals surface area contributed by atoms with Crippen LogP contribution in [0.2, 0.25) is 0 Å². The first-order valence-electron chi connectivity index (χ1n) is 9.77. The number of nitrogens with zero attached hydrogens (tertiary/aromatic N) is 4. The van der Waals surface area contributed by atoms with Crippen molar-refractivity contribution >= 4 is 18.9 Å². The van der Waals surface area contributed by atoms with Gasteiger partial charge < -0.3 is 9.55 Å². The number of pyridine rings is 1. The minimum Gasteiger partial charge on any atom is -0.458 e. The molecule has 6 heteroatoms. The SMILES string of the molecule is BN1CCC1Cn1nc(-c2ccc(OC(/C=C\C#C)=C/C)cc2)c2cnccc21. The molecule has 5 nitrogen and oxygen atoms in total. The fourth-order valence-corrected chi connectivity index (χ4v) is 3.51. The molecule has 1 saturated heterocycles. The maximum absolute atomic E-state index is 5.87. The number of allylic oxidation sites excluding steroid dienone is 3. The molecule has 0 bridgehead atoms. The zero-order valence-corrected chi connectivity index (χ0v) is 16.7. The average Bonchev–Trinajstić information content (AvgIpc) is 3.13. The van der Waals surface area contributed by atoms with Gasteiger partial charge in [0.1, 0.15) is 17.2 Å². The lowest BCUT2D eigenvalue weighted by Crippen LogP contribution is -2.48. The largest absolute Gasteiger partial charge is 0.458 e. The third-order valence-corrected chi connectivity index (χ3v) is 5.37. The molecule has 3 aromatic rings. The number of ether oxygens (including phenoxy) is 1. The third-order valence-electron chi connectivity index (χ3n) is 5.37. The molecule has 0 N–H and O–H groups in total. The van der Waals surface area contributed by atoms with Crippen LogP contribution < -0.4 is 4.74 Å². The summed E-state index contributed by atoms with van der Waals surface area (Å²) < 4.78 is 7.98. The summed E-state index contributed by atoms with van der Waals surface area (Å²) in [5, 5.41) is 5.99. The van der Waals surface area contributed by atoms with E-state index in [1.807, 2.05) is 55.7 Å². The highest BCUT2D eigenvalue weighted by molar-refractivity contribution is 6.05. The predicted octanol–water partition coefficient (Wildman–Crippen LogP) is 3.19. The monoisotopic (exact) mass is 382 g/mol. The van der Waals surface area contributed by atoms with Crippen LogP contribution in [0, 0.1) is 12.3 Å². The normalized spacial score (nSPS) is 17.4. The van der Waals surface area contributed by atoms with Crippen LogP contribution in [0.15, 0.2) is 66.7 Å². The van der Waals surface area contributed by atoms with Gasteiger partial charge in [-0.3, -0.25) is 9.67 Å². The summed E-state index contributed by atoms with van der Waals surface area (Å²) in [6.45, 7) is 3.96. The van der Waals surface area contributed by atoms with Gasteiger partial charge in [0.05, 0.1) is 12.1 Å². The smallest absolute Gasteiger partial charge is 0.185 e.